The van der Waals surface area contributed by atoms with Gasteiger partial charge in [-0.25, -0.2) is 0 Å². The van der Waals surface area contributed by atoms with Crippen molar-refractivity contribution < 1.29 is 26.1 Å². The average Bonchev–Trinajstić information content (AvgIpc) is 2.43. The molecule has 0 nitrogen and oxygen atoms in total. The van der Waals surface area contributed by atoms with Crippen molar-refractivity contribution >= 4 is 0 Å². The van der Waals surface area contributed by atoms with E-state index in [1.54, 1.807) is 3.93 Å². The van der Waals surface area contributed by atoms with Crippen LogP contribution in [0.4, 0.5) is 0 Å². The molecule has 0 radical (unpaired) electrons. The van der Waals surface area contributed by atoms with Crippen molar-refractivity contribution in [1.29, 1.82) is 0 Å². The number of rotatable bonds is 16. The van der Waals surface area contributed by atoms with E-state index in [-0.39, 0.29) is 0 Å². The summed E-state index contributed by atoms with van der Waals surface area (Å²) in [6.07, 6.45) is 23.8. The molecule has 0 aliphatic carbocycles. The van der Waals surface area contributed by atoms with Crippen LogP contribution in [0.2, 0.25) is 3.93 Å². The Labute approximate surface area is 139 Å². The zero-order chi connectivity index (χ0) is 14.0. The first-order chi connectivity index (χ1) is 9.41. The molecule has 0 saturated heterocycles. The molecule has 0 rings (SSSR count). The molecule has 0 aromatic heterocycles. The monoisotopic (exact) mass is 455 g/mol. The van der Waals surface area contributed by atoms with Crippen molar-refractivity contribution in [2.75, 3.05) is 0 Å². The first-order valence-corrected chi connectivity index (χ1v) is 13.1. The summed E-state index contributed by atoms with van der Waals surface area (Å²) in [5, 5.41) is 0. The minimum absolute atomic E-state index is 1.06. The zero-order valence-corrected chi connectivity index (χ0v) is 19.2. The predicted molar refractivity (Wildman–Crippen MR) is 84.4 cm³/mol. The Bertz CT molecular complexity index is 129. The summed E-state index contributed by atoms with van der Waals surface area (Å²) < 4.78 is 1.57. The van der Waals surface area contributed by atoms with Gasteiger partial charge in [-0.2, -0.15) is 0 Å². The molecule has 0 aliphatic rings. The third kappa shape index (κ3) is 18.9. The molecule has 0 spiro atoms. The fourth-order valence-corrected chi connectivity index (χ4v) is 4.10. The summed E-state index contributed by atoms with van der Waals surface area (Å²) in [7, 11) is 0. The Hall–Kier alpha value is 0.935. The topological polar surface area (TPSA) is 0 Å². The number of hydrogen-bond acceptors (Lipinski definition) is 0. The molecule has 0 unspecified atom stereocenters. The van der Waals surface area contributed by atoms with Gasteiger partial charge in [0, 0.05) is 0 Å². The molecular weight excluding hydrogens is 417 g/mol. The van der Waals surface area contributed by atoms with Crippen LogP contribution in [0, 0.1) is 0 Å². The van der Waals surface area contributed by atoms with Gasteiger partial charge in [-0.05, 0) is 0 Å². The molecule has 0 saturated carbocycles. The second-order valence-electron chi connectivity index (χ2n) is 6.16. The standard InChI is InChI=1S/C18H37.Hg/c1-3-5-7-9-11-13-15-17-18-16-14-12-10-8-6-4-2;/h1,3-18H2,2H3;/q;+1. The molecule has 0 atom stereocenters. The van der Waals surface area contributed by atoms with E-state index in [9.17, 15) is 0 Å². The van der Waals surface area contributed by atoms with Crippen molar-refractivity contribution in [3.8, 4) is 0 Å². The summed E-state index contributed by atoms with van der Waals surface area (Å²) in [6, 6.07) is 0. The van der Waals surface area contributed by atoms with E-state index in [4.69, 9.17) is 0 Å². The second kappa shape index (κ2) is 18.9. The van der Waals surface area contributed by atoms with E-state index >= 15 is 0 Å². The summed E-state index contributed by atoms with van der Waals surface area (Å²) >= 11 is 1.06. The molecule has 0 amide bonds. The Balaban J connectivity index is 2.88. The van der Waals surface area contributed by atoms with Gasteiger partial charge in [0.1, 0.15) is 0 Å². The van der Waals surface area contributed by atoms with Gasteiger partial charge in [-0.15, -0.1) is 0 Å². The molecule has 0 N–H and O–H groups in total. The molecule has 0 aliphatic heterocycles. The van der Waals surface area contributed by atoms with Crippen molar-refractivity contribution in [2.45, 2.75) is 114 Å². The van der Waals surface area contributed by atoms with Crippen LogP contribution < -0.4 is 0 Å². The second-order valence-corrected chi connectivity index (χ2v) is 8.91. The van der Waals surface area contributed by atoms with Gasteiger partial charge in [0.15, 0.2) is 0 Å². The van der Waals surface area contributed by atoms with Crippen molar-refractivity contribution in [3.05, 3.63) is 0 Å². The van der Waals surface area contributed by atoms with E-state index in [2.05, 4.69) is 6.92 Å². The van der Waals surface area contributed by atoms with Crippen LogP contribution in [-0.2, 0) is 26.1 Å². The summed E-state index contributed by atoms with van der Waals surface area (Å²) in [6.45, 7) is 2.30. The van der Waals surface area contributed by atoms with Gasteiger partial charge >= 0.3 is 101 Å². The summed E-state index contributed by atoms with van der Waals surface area (Å²) in [4.78, 5) is 0. The predicted octanol–water partition coefficient (Wildman–Crippen LogP) is 7.21. The molecule has 110 valence electrons. The number of hydrogen-bond donors (Lipinski definition) is 0. The maximum absolute atomic E-state index is 2.30. The summed E-state index contributed by atoms with van der Waals surface area (Å²) in [5.41, 5.74) is 0. The van der Waals surface area contributed by atoms with Crippen molar-refractivity contribution in [2.24, 2.45) is 0 Å². The van der Waals surface area contributed by atoms with E-state index in [0.717, 1.165) is 26.1 Å². The first kappa shape index (κ1) is 19.9. The fraction of sp³-hybridized carbons (Fsp3) is 1.00. The summed E-state index contributed by atoms with van der Waals surface area (Å²) in [5.74, 6) is 0. The van der Waals surface area contributed by atoms with Gasteiger partial charge < -0.3 is 0 Å². The molecule has 0 bridgehead atoms. The Morgan fingerprint density at radius 2 is 0.684 bits per heavy atom. The van der Waals surface area contributed by atoms with Gasteiger partial charge in [-0.3, -0.25) is 0 Å². The normalized spacial score (nSPS) is 11.1. The van der Waals surface area contributed by atoms with Gasteiger partial charge in [0.05, 0.1) is 0 Å². The first-order valence-electron chi connectivity index (χ1n) is 9.21. The van der Waals surface area contributed by atoms with Crippen LogP contribution in [0.15, 0.2) is 0 Å². The Morgan fingerprint density at radius 1 is 0.421 bits per heavy atom. The molecular formula is C18H37Hg+. The van der Waals surface area contributed by atoms with Crippen LogP contribution in [0.3, 0.4) is 0 Å². The van der Waals surface area contributed by atoms with Crippen LogP contribution in [0.5, 0.6) is 0 Å². The molecule has 1 heteroatoms. The van der Waals surface area contributed by atoms with E-state index in [1.165, 1.54) is 103 Å². The van der Waals surface area contributed by atoms with E-state index < -0.39 is 0 Å². The van der Waals surface area contributed by atoms with Crippen LogP contribution in [0.25, 0.3) is 0 Å². The average molecular weight is 454 g/mol. The molecule has 0 aromatic carbocycles. The van der Waals surface area contributed by atoms with E-state index in [1.807, 2.05) is 0 Å². The zero-order valence-electron chi connectivity index (χ0n) is 13.7. The van der Waals surface area contributed by atoms with Crippen molar-refractivity contribution in [3.63, 3.8) is 0 Å². The Kier molecular flexibility index (Phi) is 19.9. The molecule has 0 heterocycles. The van der Waals surface area contributed by atoms with E-state index in [0.29, 0.717) is 0 Å². The minimum atomic E-state index is 1.06. The maximum atomic E-state index is 2.30. The van der Waals surface area contributed by atoms with Gasteiger partial charge in [-0.1, -0.05) is 39.0 Å². The molecule has 0 aromatic rings. The van der Waals surface area contributed by atoms with Gasteiger partial charge in [0.25, 0.3) is 0 Å². The Morgan fingerprint density at radius 3 is 0.947 bits per heavy atom. The van der Waals surface area contributed by atoms with Gasteiger partial charge in [0.2, 0.25) is 0 Å². The van der Waals surface area contributed by atoms with Crippen LogP contribution in [-0.4, -0.2) is 0 Å². The van der Waals surface area contributed by atoms with Crippen LogP contribution in [0.1, 0.15) is 110 Å². The molecule has 19 heavy (non-hydrogen) atoms. The quantitative estimate of drug-likeness (QED) is 0.171. The van der Waals surface area contributed by atoms with Crippen molar-refractivity contribution in [1.82, 2.24) is 0 Å². The number of unbranched alkanes of at least 4 members (excludes halogenated alkanes) is 15. The SMILES string of the molecule is CCCCCCCCCCCCCCCCC[CH2][Hg+]. The third-order valence-electron chi connectivity index (χ3n) is 4.10. The fourth-order valence-electron chi connectivity index (χ4n) is 2.72. The van der Waals surface area contributed by atoms with Crippen LogP contribution >= 0.6 is 0 Å². The molecule has 0 fully saturated rings. The third-order valence-corrected chi connectivity index (χ3v) is 6.05.